The Morgan fingerprint density at radius 3 is 2.80 bits per heavy atom. The highest BCUT2D eigenvalue weighted by Gasteiger charge is 2.34. The first-order valence-electron chi connectivity index (χ1n) is 7.02. The molecular weight excluding hydrogens is 270 g/mol. The van der Waals surface area contributed by atoms with Gasteiger partial charge in [0, 0.05) is 22.7 Å². The molecular formula is C15H23N3OS. The molecule has 1 aliphatic rings. The standard InChI is InChI=1S/C15H23N3OS/c1-4-20-12-8-5-7-11(13(12)14(16)17-19)18-10-6-9-15(18,2)3/h5,7-8,19H,4,6,9-10H2,1-3H3,(H2,16,17). The molecule has 5 heteroatoms. The number of rotatable bonds is 4. The summed E-state index contributed by atoms with van der Waals surface area (Å²) < 4.78 is 0. The molecule has 0 aromatic heterocycles. The normalized spacial score (nSPS) is 18.6. The monoisotopic (exact) mass is 293 g/mol. The van der Waals surface area contributed by atoms with E-state index in [9.17, 15) is 0 Å². The molecule has 20 heavy (non-hydrogen) atoms. The second-order valence-corrected chi connectivity index (χ2v) is 6.94. The Kier molecular flexibility index (Phi) is 4.48. The molecule has 3 N–H and O–H groups in total. The largest absolute Gasteiger partial charge is 0.409 e. The van der Waals surface area contributed by atoms with Crippen molar-refractivity contribution >= 4 is 23.3 Å². The molecule has 0 amide bonds. The average molecular weight is 293 g/mol. The lowest BCUT2D eigenvalue weighted by Gasteiger charge is -2.35. The van der Waals surface area contributed by atoms with Crippen LogP contribution in [0.2, 0.25) is 0 Å². The number of benzene rings is 1. The van der Waals surface area contributed by atoms with Crippen LogP contribution in [0.1, 0.15) is 39.2 Å². The maximum absolute atomic E-state index is 9.11. The predicted molar refractivity (Wildman–Crippen MR) is 86.0 cm³/mol. The van der Waals surface area contributed by atoms with E-state index in [0.29, 0.717) is 0 Å². The number of nitrogens with zero attached hydrogens (tertiary/aromatic N) is 2. The van der Waals surface area contributed by atoms with Gasteiger partial charge in [0.25, 0.3) is 0 Å². The van der Waals surface area contributed by atoms with E-state index < -0.39 is 0 Å². The van der Waals surface area contributed by atoms with E-state index in [2.05, 4.69) is 43.0 Å². The molecule has 0 radical (unpaired) electrons. The summed E-state index contributed by atoms with van der Waals surface area (Å²) in [5, 5.41) is 12.3. The van der Waals surface area contributed by atoms with Gasteiger partial charge in [-0.05, 0) is 44.6 Å². The van der Waals surface area contributed by atoms with Gasteiger partial charge in [0.05, 0.1) is 5.56 Å². The number of anilines is 1. The molecule has 4 nitrogen and oxygen atoms in total. The maximum Gasteiger partial charge on any atom is 0.173 e. The van der Waals surface area contributed by atoms with Gasteiger partial charge >= 0.3 is 0 Å². The van der Waals surface area contributed by atoms with Crippen LogP contribution in [0.25, 0.3) is 0 Å². The topological polar surface area (TPSA) is 61.8 Å². The molecule has 0 atom stereocenters. The molecule has 1 fully saturated rings. The molecule has 1 aromatic rings. The number of oxime groups is 1. The van der Waals surface area contributed by atoms with E-state index >= 15 is 0 Å². The molecule has 0 saturated carbocycles. The van der Waals surface area contributed by atoms with Crippen molar-refractivity contribution in [3.63, 3.8) is 0 Å². The average Bonchev–Trinajstić information content (AvgIpc) is 2.77. The molecule has 0 aliphatic carbocycles. The lowest BCUT2D eigenvalue weighted by molar-refractivity contribution is 0.318. The Hall–Kier alpha value is -1.36. The van der Waals surface area contributed by atoms with Crippen LogP contribution in [0.15, 0.2) is 28.3 Å². The van der Waals surface area contributed by atoms with Gasteiger partial charge in [-0.1, -0.05) is 18.1 Å². The smallest absolute Gasteiger partial charge is 0.173 e. The van der Waals surface area contributed by atoms with Crippen LogP contribution < -0.4 is 10.6 Å². The summed E-state index contributed by atoms with van der Waals surface area (Å²) in [7, 11) is 0. The summed E-state index contributed by atoms with van der Waals surface area (Å²) in [5.74, 6) is 1.15. The number of thioether (sulfide) groups is 1. The molecule has 0 spiro atoms. The molecule has 1 aromatic carbocycles. The zero-order valence-corrected chi connectivity index (χ0v) is 13.2. The third kappa shape index (κ3) is 2.73. The van der Waals surface area contributed by atoms with Crippen molar-refractivity contribution in [2.24, 2.45) is 10.9 Å². The second kappa shape index (κ2) is 5.95. The molecule has 2 rings (SSSR count). The van der Waals surface area contributed by atoms with E-state index in [1.807, 2.05) is 6.07 Å². The zero-order chi connectivity index (χ0) is 14.8. The predicted octanol–water partition coefficient (Wildman–Crippen LogP) is 3.27. The minimum Gasteiger partial charge on any atom is -0.409 e. The van der Waals surface area contributed by atoms with Gasteiger partial charge in [-0.2, -0.15) is 0 Å². The van der Waals surface area contributed by atoms with Gasteiger partial charge in [-0.3, -0.25) is 0 Å². The number of nitrogens with two attached hydrogens (primary N) is 1. The summed E-state index contributed by atoms with van der Waals surface area (Å²) in [6, 6.07) is 6.16. The van der Waals surface area contributed by atoms with Gasteiger partial charge in [0.1, 0.15) is 0 Å². The van der Waals surface area contributed by atoms with Gasteiger partial charge in [-0.15, -0.1) is 11.8 Å². The first-order chi connectivity index (χ1) is 9.51. The summed E-state index contributed by atoms with van der Waals surface area (Å²) in [6.45, 7) is 7.61. The van der Waals surface area contributed by atoms with Crippen LogP contribution in [0.3, 0.4) is 0 Å². The Morgan fingerprint density at radius 1 is 1.50 bits per heavy atom. The zero-order valence-electron chi connectivity index (χ0n) is 12.4. The molecule has 110 valence electrons. The summed E-state index contributed by atoms with van der Waals surface area (Å²) in [5.41, 5.74) is 7.98. The van der Waals surface area contributed by atoms with Gasteiger partial charge < -0.3 is 15.8 Å². The van der Waals surface area contributed by atoms with Crippen molar-refractivity contribution in [1.82, 2.24) is 0 Å². The van der Waals surface area contributed by atoms with Crippen LogP contribution in [0, 0.1) is 0 Å². The Bertz CT molecular complexity index is 514. The summed E-state index contributed by atoms with van der Waals surface area (Å²) >= 11 is 1.72. The van der Waals surface area contributed by atoms with Crippen molar-refractivity contribution in [1.29, 1.82) is 0 Å². The van der Waals surface area contributed by atoms with Crippen LogP contribution >= 0.6 is 11.8 Å². The van der Waals surface area contributed by atoms with E-state index in [1.54, 1.807) is 11.8 Å². The van der Waals surface area contributed by atoms with Crippen molar-refractivity contribution in [2.75, 3.05) is 17.2 Å². The minimum atomic E-state index is 0.111. The number of amidine groups is 1. The Balaban J connectivity index is 2.55. The van der Waals surface area contributed by atoms with Crippen LogP contribution in [-0.4, -0.2) is 28.9 Å². The maximum atomic E-state index is 9.11. The lowest BCUT2D eigenvalue weighted by atomic mass is 10.0. The molecule has 0 bridgehead atoms. The fraction of sp³-hybridized carbons (Fsp3) is 0.533. The Labute approximate surface area is 125 Å². The highest BCUT2D eigenvalue weighted by molar-refractivity contribution is 7.99. The van der Waals surface area contributed by atoms with Crippen molar-refractivity contribution < 1.29 is 5.21 Å². The van der Waals surface area contributed by atoms with Gasteiger partial charge in [0.2, 0.25) is 0 Å². The number of hydrogen-bond donors (Lipinski definition) is 2. The third-order valence-corrected chi connectivity index (χ3v) is 4.80. The quantitative estimate of drug-likeness (QED) is 0.294. The molecule has 1 saturated heterocycles. The summed E-state index contributed by atoms with van der Waals surface area (Å²) in [4.78, 5) is 3.45. The third-order valence-electron chi connectivity index (χ3n) is 3.86. The second-order valence-electron chi connectivity index (χ2n) is 5.64. The SMILES string of the molecule is CCSc1cccc(N2CCCC2(C)C)c1/C(N)=N/O. The van der Waals surface area contributed by atoms with Crippen LogP contribution in [-0.2, 0) is 0 Å². The lowest BCUT2D eigenvalue weighted by Crippen LogP contribution is -2.39. The molecule has 0 unspecified atom stereocenters. The highest BCUT2D eigenvalue weighted by Crippen LogP contribution is 2.38. The van der Waals surface area contributed by atoms with Crippen LogP contribution in [0.4, 0.5) is 5.69 Å². The van der Waals surface area contributed by atoms with E-state index in [4.69, 9.17) is 10.9 Å². The van der Waals surface area contributed by atoms with Crippen molar-refractivity contribution in [2.45, 2.75) is 44.0 Å². The Morgan fingerprint density at radius 2 is 2.25 bits per heavy atom. The fourth-order valence-corrected chi connectivity index (χ4v) is 3.72. The molecule has 1 heterocycles. The van der Waals surface area contributed by atoms with Gasteiger partial charge in [-0.25, -0.2) is 0 Å². The number of hydrogen-bond acceptors (Lipinski definition) is 4. The highest BCUT2D eigenvalue weighted by atomic mass is 32.2. The fourth-order valence-electron chi connectivity index (χ4n) is 2.88. The van der Waals surface area contributed by atoms with Crippen molar-refractivity contribution in [3.05, 3.63) is 23.8 Å². The van der Waals surface area contributed by atoms with E-state index in [1.165, 1.54) is 6.42 Å². The van der Waals surface area contributed by atoms with Crippen LogP contribution in [0.5, 0.6) is 0 Å². The van der Waals surface area contributed by atoms with Crippen molar-refractivity contribution in [3.8, 4) is 0 Å². The molecule has 1 aliphatic heterocycles. The first-order valence-corrected chi connectivity index (χ1v) is 8.01. The minimum absolute atomic E-state index is 0.111. The summed E-state index contributed by atoms with van der Waals surface area (Å²) in [6.07, 6.45) is 2.33. The van der Waals surface area contributed by atoms with E-state index in [0.717, 1.165) is 34.9 Å². The first kappa shape index (κ1) is 15.0. The van der Waals surface area contributed by atoms with E-state index in [-0.39, 0.29) is 11.4 Å². The van der Waals surface area contributed by atoms with Gasteiger partial charge in [0.15, 0.2) is 5.84 Å².